The van der Waals surface area contributed by atoms with Gasteiger partial charge in [0.25, 0.3) is 0 Å². The summed E-state index contributed by atoms with van der Waals surface area (Å²) in [5.74, 6) is -0.440. The number of nitrogens with zero attached hydrogens (tertiary/aromatic N) is 2. The fourth-order valence-corrected chi connectivity index (χ4v) is 1.53. The summed E-state index contributed by atoms with van der Waals surface area (Å²) in [6, 6.07) is 1.73. The van der Waals surface area contributed by atoms with Crippen LogP contribution in [0.15, 0.2) is 6.07 Å². The summed E-state index contributed by atoms with van der Waals surface area (Å²) in [5, 5.41) is 8.74. The number of carboxylic acid groups (broad SMARTS) is 1. The van der Waals surface area contributed by atoms with Crippen LogP contribution in [0.1, 0.15) is 30.1 Å². The molecule has 1 heterocycles. The average Bonchev–Trinajstić information content (AvgIpc) is 2.82. The summed E-state index contributed by atoms with van der Waals surface area (Å²) in [7, 11) is 0. The topological polar surface area (TPSA) is 63.1 Å². The fraction of sp³-hybridized carbons (Fsp3) is 0.444. The molecule has 2 rings (SSSR count). The third-order valence-corrected chi connectivity index (χ3v) is 2.27. The molecule has 0 bridgehead atoms. The van der Waals surface area contributed by atoms with Gasteiger partial charge in [-0.25, -0.2) is 9.97 Å². The van der Waals surface area contributed by atoms with Crippen LogP contribution in [-0.4, -0.2) is 21.0 Å². The van der Waals surface area contributed by atoms with E-state index in [1.807, 2.05) is 0 Å². The number of carboxylic acids is 1. The lowest BCUT2D eigenvalue weighted by Crippen LogP contribution is -2.04. The van der Waals surface area contributed by atoms with Crippen molar-refractivity contribution in [3.8, 4) is 0 Å². The monoisotopic (exact) mass is 212 g/mol. The van der Waals surface area contributed by atoms with Gasteiger partial charge in [0.1, 0.15) is 0 Å². The van der Waals surface area contributed by atoms with E-state index in [-0.39, 0.29) is 11.7 Å². The van der Waals surface area contributed by atoms with Crippen LogP contribution in [0.25, 0.3) is 0 Å². The highest BCUT2D eigenvalue weighted by atomic mass is 35.5. The highest BCUT2D eigenvalue weighted by Crippen LogP contribution is 2.39. The average molecular weight is 213 g/mol. The van der Waals surface area contributed by atoms with Gasteiger partial charge in [0.2, 0.25) is 5.28 Å². The molecule has 1 aliphatic carbocycles. The van der Waals surface area contributed by atoms with E-state index in [9.17, 15) is 4.79 Å². The lowest BCUT2D eigenvalue weighted by Gasteiger charge is -2.01. The van der Waals surface area contributed by atoms with Gasteiger partial charge in [0.15, 0.2) is 0 Å². The van der Waals surface area contributed by atoms with Crippen LogP contribution in [0.3, 0.4) is 0 Å². The lowest BCUT2D eigenvalue weighted by molar-refractivity contribution is -0.136. The summed E-state index contributed by atoms with van der Waals surface area (Å²) in [5.41, 5.74) is 1.36. The highest BCUT2D eigenvalue weighted by Gasteiger charge is 2.26. The largest absolute Gasteiger partial charge is 0.481 e. The molecule has 1 fully saturated rings. The summed E-state index contributed by atoms with van der Waals surface area (Å²) in [4.78, 5) is 18.4. The normalized spacial score (nSPS) is 15.5. The molecule has 0 radical (unpaired) electrons. The molecule has 0 aliphatic heterocycles. The molecule has 0 atom stereocenters. The minimum atomic E-state index is -0.901. The Bertz CT molecular complexity index is 377. The Labute approximate surface area is 85.9 Å². The van der Waals surface area contributed by atoms with Crippen molar-refractivity contribution in [3.63, 3.8) is 0 Å². The molecule has 1 aromatic rings. The van der Waals surface area contributed by atoms with Gasteiger partial charge in [-0.3, -0.25) is 4.79 Å². The zero-order valence-electron chi connectivity index (χ0n) is 7.40. The Kier molecular flexibility index (Phi) is 2.37. The first-order valence-corrected chi connectivity index (χ1v) is 4.78. The number of aliphatic carboxylic acids is 1. The van der Waals surface area contributed by atoms with Gasteiger partial charge in [-0.15, -0.1) is 0 Å². The Morgan fingerprint density at radius 3 is 2.86 bits per heavy atom. The minimum Gasteiger partial charge on any atom is -0.481 e. The number of aromatic nitrogens is 2. The van der Waals surface area contributed by atoms with Crippen molar-refractivity contribution in [1.82, 2.24) is 9.97 Å². The van der Waals surface area contributed by atoms with Crippen molar-refractivity contribution in [2.75, 3.05) is 0 Å². The number of halogens is 1. The Morgan fingerprint density at radius 1 is 1.57 bits per heavy atom. The highest BCUT2D eigenvalue weighted by molar-refractivity contribution is 6.28. The van der Waals surface area contributed by atoms with E-state index in [2.05, 4.69) is 9.97 Å². The van der Waals surface area contributed by atoms with Gasteiger partial charge in [0.05, 0.1) is 12.1 Å². The van der Waals surface area contributed by atoms with Gasteiger partial charge in [-0.05, 0) is 30.5 Å². The maximum absolute atomic E-state index is 10.5. The van der Waals surface area contributed by atoms with Crippen molar-refractivity contribution in [2.45, 2.75) is 25.2 Å². The number of hydrogen-bond acceptors (Lipinski definition) is 3. The molecule has 74 valence electrons. The Hall–Kier alpha value is -1.16. The van der Waals surface area contributed by atoms with Crippen LogP contribution < -0.4 is 0 Å². The van der Waals surface area contributed by atoms with Gasteiger partial charge >= 0.3 is 5.97 Å². The molecule has 5 heteroatoms. The molecule has 1 saturated carbocycles. The van der Waals surface area contributed by atoms with E-state index in [1.165, 1.54) is 0 Å². The second-order valence-corrected chi connectivity index (χ2v) is 3.74. The molecular formula is C9H9ClN2O2. The molecule has 14 heavy (non-hydrogen) atoms. The molecule has 0 unspecified atom stereocenters. The maximum Gasteiger partial charge on any atom is 0.309 e. The molecule has 0 spiro atoms. The van der Waals surface area contributed by atoms with E-state index >= 15 is 0 Å². The smallest absolute Gasteiger partial charge is 0.309 e. The van der Waals surface area contributed by atoms with Gasteiger partial charge in [-0.2, -0.15) is 0 Å². The number of carbonyl (C=O) groups is 1. The quantitative estimate of drug-likeness (QED) is 0.774. The molecule has 1 N–H and O–H groups in total. The number of hydrogen-bond donors (Lipinski definition) is 1. The van der Waals surface area contributed by atoms with Crippen molar-refractivity contribution in [3.05, 3.63) is 22.7 Å². The summed E-state index contributed by atoms with van der Waals surface area (Å²) < 4.78 is 0. The van der Waals surface area contributed by atoms with Crippen molar-refractivity contribution in [1.29, 1.82) is 0 Å². The predicted molar refractivity (Wildman–Crippen MR) is 50.4 cm³/mol. The minimum absolute atomic E-state index is 0.0953. The summed E-state index contributed by atoms with van der Waals surface area (Å²) in [6.07, 6.45) is 2.13. The van der Waals surface area contributed by atoms with Crippen LogP contribution in [0.2, 0.25) is 5.28 Å². The summed E-state index contributed by atoms with van der Waals surface area (Å²) in [6.45, 7) is 0. The molecule has 1 aliphatic rings. The molecule has 1 aromatic heterocycles. The number of rotatable bonds is 3. The van der Waals surface area contributed by atoms with Gasteiger partial charge in [0, 0.05) is 11.6 Å². The molecule has 0 aromatic carbocycles. The molecule has 0 amide bonds. The van der Waals surface area contributed by atoms with Crippen molar-refractivity contribution < 1.29 is 9.90 Å². The fourth-order valence-electron chi connectivity index (χ4n) is 1.32. The van der Waals surface area contributed by atoms with E-state index in [4.69, 9.17) is 16.7 Å². The third kappa shape index (κ3) is 2.20. The predicted octanol–water partition coefficient (Wildman–Crippen LogP) is 1.63. The Balaban J connectivity index is 2.26. The van der Waals surface area contributed by atoms with Crippen LogP contribution in [0.5, 0.6) is 0 Å². The van der Waals surface area contributed by atoms with Gasteiger partial charge < -0.3 is 5.11 Å². The van der Waals surface area contributed by atoms with E-state index in [0.29, 0.717) is 11.6 Å². The second-order valence-electron chi connectivity index (χ2n) is 3.40. The van der Waals surface area contributed by atoms with Gasteiger partial charge in [-0.1, -0.05) is 0 Å². The molecular weight excluding hydrogens is 204 g/mol. The van der Waals surface area contributed by atoms with E-state index < -0.39 is 5.97 Å². The lowest BCUT2D eigenvalue weighted by atomic mass is 10.2. The van der Waals surface area contributed by atoms with Crippen molar-refractivity contribution in [2.24, 2.45) is 0 Å². The summed E-state index contributed by atoms with van der Waals surface area (Å²) >= 11 is 5.69. The molecule has 4 nitrogen and oxygen atoms in total. The third-order valence-electron chi connectivity index (χ3n) is 2.10. The van der Waals surface area contributed by atoms with Crippen LogP contribution in [0, 0.1) is 0 Å². The second kappa shape index (κ2) is 3.53. The first-order valence-electron chi connectivity index (χ1n) is 4.40. The standard InChI is InChI=1S/C9H9ClN2O2/c10-9-11-6(4-8(13)14)3-7(12-9)5-1-2-5/h3,5H,1-2,4H2,(H,13,14). The van der Waals surface area contributed by atoms with Crippen molar-refractivity contribution >= 4 is 17.6 Å². The van der Waals surface area contributed by atoms with Crippen LogP contribution in [0.4, 0.5) is 0 Å². The first kappa shape index (κ1) is 9.40. The van der Waals surface area contributed by atoms with E-state index in [0.717, 1.165) is 18.5 Å². The van der Waals surface area contributed by atoms with Crippen LogP contribution in [-0.2, 0) is 11.2 Å². The SMILES string of the molecule is O=C(O)Cc1cc(C2CC2)nc(Cl)n1. The van der Waals surface area contributed by atoms with Crippen LogP contribution >= 0.6 is 11.6 Å². The van der Waals surface area contributed by atoms with E-state index in [1.54, 1.807) is 6.07 Å². The zero-order valence-corrected chi connectivity index (χ0v) is 8.16. The maximum atomic E-state index is 10.5. The first-order chi connectivity index (χ1) is 6.65. The Morgan fingerprint density at radius 2 is 2.29 bits per heavy atom. The molecule has 0 saturated heterocycles. The zero-order chi connectivity index (χ0) is 10.1.